The summed E-state index contributed by atoms with van der Waals surface area (Å²) in [6.45, 7) is 0. The second-order valence-electron chi connectivity index (χ2n) is 4.40. The number of hydrogen-bond acceptors (Lipinski definition) is 6. The van der Waals surface area contributed by atoms with Gasteiger partial charge in [0.1, 0.15) is 10.6 Å². The zero-order chi connectivity index (χ0) is 16.4. The highest BCUT2D eigenvalue weighted by Crippen LogP contribution is 2.29. The molecule has 9 heteroatoms. The summed E-state index contributed by atoms with van der Waals surface area (Å²) < 4.78 is 5.06. The number of nitrogens with one attached hydrogen (secondary N) is 1. The molecular weight excluding hydrogens is 342 g/mol. The maximum Gasteiger partial charge on any atom is 0.433 e. The molecule has 0 aliphatic rings. The number of furan rings is 1. The van der Waals surface area contributed by atoms with Gasteiger partial charge in [0.2, 0.25) is 0 Å². The van der Waals surface area contributed by atoms with Gasteiger partial charge in [-0.2, -0.15) is 0 Å². The lowest BCUT2D eigenvalue weighted by Crippen LogP contribution is -2.11. The number of nitro groups is 1. The van der Waals surface area contributed by atoms with Crippen molar-refractivity contribution in [3.05, 3.63) is 62.5 Å². The normalized spacial score (nSPS) is 10.5. The minimum Gasteiger partial charge on any atom is -0.399 e. The fourth-order valence-corrected chi connectivity index (χ4v) is 2.69. The van der Waals surface area contributed by atoms with Crippen LogP contribution in [0.4, 0.5) is 11.0 Å². The third-order valence-corrected chi connectivity index (χ3v) is 3.83. The number of thiazole rings is 1. The Labute approximate surface area is 138 Å². The van der Waals surface area contributed by atoms with Crippen LogP contribution in [0.1, 0.15) is 10.4 Å². The molecule has 0 unspecified atom stereocenters. The largest absolute Gasteiger partial charge is 0.433 e. The Morgan fingerprint density at radius 3 is 2.87 bits per heavy atom. The van der Waals surface area contributed by atoms with Crippen molar-refractivity contribution in [2.24, 2.45) is 0 Å². The maximum atomic E-state index is 12.1. The molecule has 2 heterocycles. The average molecular weight is 350 g/mol. The number of rotatable bonds is 4. The molecule has 0 radical (unpaired) electrons. The maximum absolute atomic E-state index is 12.1. The Hall–Kier alpha value is -2.71. The first-order valence-corrected chi connectivity index (χ1v) is 7.56. The van der Waals surface area contributed by atoms with Gasteiger partial charge in [-0.25, -0.2) is 4.98 Å². The van der Waals surface area contributed by atoms with Gasteiger partial charge >= 0.3 is 5.88 Å². The summed E-state index contributed by atoms with van der Waals surface area (Å²) in [7, 11) is 0. The highest BCUT2D eigenvalue weighted by molar-refractivity contribution is 7.14. The second-order valence-corrected chi connectivity index (χ2v) is 5.69. The number of nitrogens with zero attached hydrogens (tertiary/aromatic N) is 2. The van der Waals surface area contributed by atoms with Crippen LogP contribution in [0.3, 0.4) is 0 Å². The van der Waals surface area contributed by atoms with Crippen LogP contribution in [0.5, 0.6) is 0 Å². The Morgan fingerprint density at radius 2 is 2.17 bits per heavy atom. The monoisotopic (exact) mass is 349 g/mol. The Bertz CT molecular complexity index is 890. The minimum atomic E-state index is -0.627. The van der Waals surface area contributed by atoms with Crippen LogP contribution in [0, 0.1) is 10.1 Å². The van der Waals surface area contributed by atoms with E-state index >= 15 is 0 Å². The topological polar surface area (TPSA) is 98.3 Å². The predicted octanol–water partition coefficient (Wildman–Crippen LogP) is 4.22. The van der Waals surface area contributed by atoms with Crippen LogP contribution in [-0.4, -0.2) is 15.8 Å². The molecule has 0 fully saturated rings. The average Bonchev–Trinajstić information content (AvgIpc) is 3.15. The van der Waals surface area contributed by atoms with Crippen molar-refractivity contribution in [2.45, 2.75) is 0 Å². The molecule has 3 aromatic rings. The summed E-state index contributed by atoms with van der Waals surface area (Å²) in [5.74, 6) is -0.451. The number of amides is 1. The van der Waals surface area contributed by atoms with E-state index in [1.54, 1.807) is 29.6 Å². The van der Waals surface area contributed by atoms with Gasteiger partial charge in [0.05, 0.1) is 6.07 Å². The standard InChI is InChI=1S/C14H8ClN3O4S/c15-9-3-1-2-8(6-9)13(19)17-14-16-10(7-23-14)11-4-5-12(22-11)18(20)21/h1-7H,(H,16,17,19). The summed E-state index contributed by atoms with van der Waals surface area (Å²) in [6, 6.07) is 9.22. The van der Waals surface area contributed by atoms with Crippen molar-refractivity contribution in [1.29, 1.82) is 0 Å². The lowest BCUT2D eigenvalue weighted by atomic mass is 10.2. The molecule has 1 aromatic carbocycles. The fourth-order valence-electron chi connectivity index (χ4n) is 1.81. The second kappa shape index (κ2) is 6.19. The van der Waals surface area contributed by atoms with E-state index in [4.69, 9.17) is 16.0 Å². The Morgan fingerprint density at radius 1 is 1.35 bits per heavy atom. The Kier molecular flexibility index (Phi) is 4.09. The minimum absolute atomic E-state index is 0.260. The number of carbonyl (C=O) groups excluding carboxylic acids is 1. The Balaban J connectivity index is 1.76. The lowest BCUT2D eigenvalue weighted by molar-refractivity contribution is -0.401. The third-order valence-electron chi connectivity index (χ3n) is 2.84. The first-order valence-electron chi connectivity index (χ1n) is 6.30. The molecular formula is C14H8ClN3O4S. The van der Waals surface area contributed by atoms with E-state index in [1.807, 2.05) is 0 Å². The van der Waals surface area contributed by atoms with E-state index < -0.39 is 4.92 Å². The van der Waals surface area contributed by atoms with Crippen LogP contribution in [0.2, 0.25) is 5.02 Å². The molecule has 0 bridgehead atoms. The zero-order valence-corrected chi connectivity index (χ0v) is 12.9. The van der Waals surface area contributed by atoms with Gasteiger partial charge in [-0.05, 0) is 24.3 Å². The van der Waals surface area contributed by atoms with Crippen LogP contribution in [0.25, 0.3) is 11.5 Å². The van der Waals surface area contributed by atoms with Gasteiger partial charge in [-0.15, -0.1) is 11.3 Å². The molecule has 0 atom stereocenters. The number of anilines is 1. The number of hydrogen-bond donors (Lipinski definition) is 1. The molecule has 0 aliphatic carbocycles. The summed E-state index contributed by atoms with van der Waals surface area (Å²) in [5.41, 5.74) is 0.812. The summed E-state index contributed by atoms with van der Waals surface area (Å²) in [5, 5.41) is 15.7. The predicted molar refractivity (Wildman–Crippen MR) is 85.9 cm³/mol. The van der Waals surface area contributed by atoms with E-state index in [0.29, 0.717) is 21.4 Å². The van der Waals surface area contributed by atoms with Crippen molar-refractivity contribution in [3.63, 3.8) is 0 Å². The van der Waals surface area contributed by atoms with Gasteiger partial charge < -0.3 is 4.42 Å². The number of aromatic nitrogens is 1. The first kappa shape index (κ1) is 15.2. The van der Waals surface area contributed by atoms with E-state index in [1.165, 1.54) is 23.5 Å². The molecule has 1 N–H and O–H groups in total. The van der Waals surface area contributed by atoms with Crippen molar-refractivity contribution in [3.8, 4) is 11.5 Å². The molecule has 0 aliphatic heterocycles. The van der Waals surface area contributed by atoms with E-state index in [2.05, 4.69) is 10.3 Å². The molecule has 0 saturated carbocycles. The zero-order valence-electron chi connectivity index (χ0n) is 11.4. The number of benzene rings is 1. The first-order chi connectivity index (χ1) is 11.0. The van der Waals surface area contributed by atoms with Crippen molar-refractivity contribution < 1.29 is 14.1 Å². The molecule has 23 heavy (non-hydrogen) atoms. The van der Waals surface area contributed by atoms with Gasteiger partial charge in [0.25, 0.3) is 5.91 Å². The van der Waals surface area contributed by atoms with Gasteiger partial charge in [-0.1, -0.05) is 17.7 Å². The lowest BCUT2D eigenvalue weighted by Gasteiger charge is -2.01. The van der Waals surface area contributed by atoms with E-state index in [0.717, 1.165) is 0 Å². The van der Waals surface area contributed by atoms with Crippen LogP contribution in [-0.2, 0) is 0 Å². The highest BCUT2D eigenvalue weighted by atomic mass is 35.5. The van der Waals surface area contributed by atoms with E-state index in [9.17, 15) is 14.9 Å². The molecule has 1 amide bonds. The summed E-state index contributed by atoms with van der Waals surface area (Å²) in [6.07, 6.45) is 0. The quantitative estimate of drug-likeness (QED) is 0.561. The number of halogens is 1. The van der Waals surface area contributed by atoms with Crippen LogP contribution < -0.4 is 5.32 Å². The third kappa shape index (κ3) is 3.38. The van der Waals surface area contributed by atoms with Crippen LogP contribution >= 0.6 is 22.9 Å². The van der Waals surface area contributed by atoms with E-state index in [-0.39, 0.29) is 17.6 Å². The molecule has 0 saturated heterocycles. The molecule has 3 rings (SSSR count). The van der Waals surface area contributed by atoms with Crippen molar-refractivity contribution in [2.75, 3.05) is 5.32 Å². The highest BCUT2D eigenvalue weighted by Gasteiger charge is 2.16. The van der Waals surface area contributed by atoms with Crippen LogP contribution in [0.15, 0.2) is 46.2 Å². The fraction of sp³-hybridized carbons (Fsp3) is 0. The molecule has 7 nitrogen and oxygen atoms in total. The molecule has 116 valence electrons. The van der Waals surface area contributed by atoms with Gasteiger partial charge in [0, 0.05) is 16.0 Å². The SMILES string of the molecule is O=C(Nc1nc(-c2ccc([N+](=O)[O-])o2)cs1)c1cccc(Cl)c1. The van der Waals surface area contributed by atoms with Crippen molar-refractivity contribution in [1.82, 2.24) is 4.98 Å². The number of carbonyl (C=O) groups is 1. The van der Waals surface area contributed by atoms with Crippen molar-refractivity contribution >= 4 is 39.9 Å². The molecule has 0 spiro atoms. The summed E-state index contributed by atoms with van der Waals surface area (Å²) in [4.78, 5) is 26.2. The molecule has 2 aromatic heterocycles. The smallest absolute Gasteiger partial charge is 0.399 e. The van der Waals surface area contributed by atoms with Gasteiger partial charge in [0.15, 0.2) is 10.9 Å². The van der Waals surface area contributed by atoms with Gasteiger partial charge in [-0.3, -0.25) is 20.2 Å². The summed E-state index contributed by atoms with van der Waals surface area (Å²) >= 11 is 7.03.